The van der Waals surface area contributed by atoms with E-state index < -0.39 is 0 Å². The molecular formula is C10H20N2O2. The summed E-state index contributed by atoms with van der Waals surface area (Å²) in [7, 11) is 0. The third kappa shape index (κ3) is 6.46. The number of carbonyl (C=O) groups excluding carboxylic acids is 2. The van der Waals surface area contributed by atoms with Crippen LogP contribution in [0.2, 0.25) is 0 Å². The van der Waals surface area contributed by atoms with Crippen LogP contribution in [0, 0.1) is 5.92 Å². The van der Waals surface area contributed by atoms with Crippen LogP contribution in [0.4, 0.5) is 0 Å². The minimum atomic E-state index is 0.253. The number of carbonyl (C=O) groups is 2. The lowest BCUT2D eigenvalue weighted by molar-refractivity contribution is -0.110. The van der Waals surface area contributed by atoms with Gasteiger partial charge in [0.25, 0.3) is 0 Å². The molecule has 2 amide bonds. The first kappa shape index (κ1) is 12.9. The standard InChI is InChI=1S/C10H20N2O2/c1-9(2)10(12-8-14)5-3-4-6-11-7-13/h7-10H,3-6H2,1-2H3,(H,11,13)(H,12,14). The van der Waals surface area contributed by atoms with Crippen LogP contribution < -0.4 is 10.6 Å². The molecule has 0 bridgehead atoms. The minimum absolute atomic E-state index is 0.253. The summed E-state index contributed by atoms with van der Waals surface area (Å²) >= 11 is 0. The van der Waals surface area contributed by atoms with Gasteiger partial charge in [-0.25, -0.2) is 0 Å². The first-order valence-electron chi connectivity index (χ1n) is 5.09. The van der Waals surface area contributed by atoms with Crippen LogP contribution in [0.15, 0.2) is 0 Å². The molecule has 4 heteroatoms. The zero-order valence-corrected chi connectivity index (χ0v) is 8.95. The molecule has 82 valence electrons. The molecule has 0 heterocycles. The van der Waals surface area contributed by atoms with Crippen molar-refractivity contribution in [3.05, 3.63) is 0 Å². The van der Waals surface area contributed by atoms with Crippen molar-refractivity contribution >= 4 is 12.8 Å². The number of hydrogen-bond acceptors (Lipinski definition) is 2. The number of rotatable bonds is 9. The number of unbranched alkanes of at least 4 members (excludes halogenated alkanes) is 1. The Hall–Kier alpha value is -1.06. The van der Waals surface area contributed by atoms with Crippen LogP contribution in [0.5, 0.6) is 0 Å². The van der Waals surface area contributed by atoms with E-state index in [2.05, 4.69) is 24.5 Å². The largest absolute Gasteiger partial charge is 0.359 e. The van der Waals surface area contributed by atoms with Crippen molar-refractivity contribution in [1.29, 1.82) is 0 Å². The van der Waals surface area contributed by atoms with E-state index in [4.69, 9.17) is 0 Å². The Balaban J connectivity index is 3.50. The zero-order valence-electron chi connectivity index (χ0n) is 8.95. The number of hydrogen-bond donors (Lipinski definition) is 2. The lowest BCUT2D eigenvalue weighted by Gasteiger charge is -2.19. The quantitative estimate of drug-likeness (QED) is 0.424. The topological polar surface area (TPSA) is 58.2 Å². The molecule has 0 radical (unpaired) electrons. The van der Waals surface area contributed by atoms with Crippen molar-refractivity contribution in [3.8, 4) is 0 Å². The minimum Gasteiger partial charge on any atom is -0.359 e. The first-order chi connectivity index (χ1) is 6.72. The lowest BCUT2D eigenvalue weighted by Crippen LogP contribution is -2.32. The Morgan fingerprint density at radius 2 is 1.86 bits per heavy atom. The molecular weight excluding hydrogens is 180 g/mol. The van der Waals surface area contributed by atoms with E-state index in [1.54, 1.807) is 0 Å². The summed E-state index contributed by atoms with van der Waals surface area (Å²) in [6, 6.07) is 0.253. The van der Waals surface area contributed by atoms with Gasteiger partial charge in [0.2, 0.25) is 12.8 Å². The van der Waals surface area contributed by atoms with Crippen LogP contribution in [-0.4, -0.2) is 25.4 Å². The van der Waals surface area contributed by atoms with E-state index in [1.165, 1.54) is 0 Å². The summed E-state index contributed by atoms with van der Waals surface area (Å²) < 4.78 is 0. The van der Waals surface area contributed by atoms with Gasteiger partial charge >= 0.3 is 0 Å². The van der Waals surface area contributed by atoms with Crippen LogP contribution in [0.1, 0.15) is 33.1 Å². The number of amides is 2. The average molecular weight is 200 g/mol. The molecule has 0 rings (SSSR count). The molecule has 0 aromatic heterocycles. The molecule has 0 aliphatic rings. The molecule has 14 heavy (non-hydrogen) atoms. The molecule has 0 spiro atoms. The summed E-state index contributed by atoms with van der Waals surface area (Å²) in [4.78, 5) is 20.2. The van der Waals surface area contributed by atoms with Crippen LogP contribution in [0.3, 0.4) is 0 Å². The third-order valence-electron chi connectivity index (χ3n) is 2.26. The summed E-state index contributed by atoms with van der Waals surface area (Å²) in [5, 5.41) is 5.42. The van der Waals surface area contributed by atoms with Gasteiger partial charge in [0, 0.05) is 12.6 Å². The maximum atomic E-state index is 10.3. The summed E-state index contributed by atoms with van der Waals surface area (Å²) in [5.74, 6) is 0.458. The molecule has 1 atom stereocenters. The first-order valence-corrected chi connectivity index (χ1v) is 5.09. The SMILES string of the molecule is CC(C)C(CCCCNC=O)NC=O. The van der Waals surface area contributed by atoms with Gasteiger partial charge in [-0.15, -0.1) is 0 Å². The molecule has 0 fully saturated rings. The molecule has 1 unspecified atom stereocenters. The van der Waals surface area contributed by atoms with E-state index in [0.29, 0.717) is 12.3 Å². The summed E-state index contributed by atoms with van der Waals surface area (Å²) in [6.45, 7) is 4.89. The normalized spacial score (nSPS) is 12.2. The van der Waals surface area contributed by atoms with Gasteiger partial charge < -0.3 is 10.6 Å². The van der Waals surface area contributed by atoms with Crippen molar-refractivity contribution in [2.45, 2.75) is 39.2 Å². The van der Waals surface area contributed by atoms with Gasteiger partial charge in [0.05, 0.1) is 0 Å². The van der Waals surface area contributed by atoms with E-state index in [1.807, 2.05) is 0 Å². The highest BCUT2D eigenvalue weighted by molar-refractivity contribution is 5.46. The molecule has 0 aliphatic carbocycles. The predicted molar refractivity (Wildman–Crippen MR) is 55.7 cm³/mol. The second-order valence-corrected chi connectivity index (χ2v) is 3.70. The Morgan fingerprint density at radius 3 is 2.36 bits per heavy atom. The van der Waals surface area contributed by atoms with Crippen molar-refractivity contribution in [2.24, 2.45) is 5.92 Å². The maximum Gasteiger partial charge on any atom is 0.207 e. The van der Waals surface area contributed by atoms with Crippen LogP contribution in [-0.2, 0) is 9.59 Å². The van der Waals surface area contributed by atoms with Crippen molar-refractivity contribution in [1.82, 2.24) is 10.6 Å². The average Bonchev–Trinajstić information content (AvgIpc) is 2.15. The predicted octanol–water partition coefficient (Wildman–Crippen LogP) is 0.673. The highest BCUT2D eigenvalue weighted by atomic mass is 16.1. The van der Waals surface area contributed by atoms with Crippen molar-refractivity contribution < 1.29 is 9.59 Å². The third-order valence-corrected chi connectivity index (χ3v) is 2.26. The molecule has 0 saturated carbocycles. The molecule has 0 saturated heterocycles. The van der Waals surface area contributed by atoms with E-state index in [9.17, 15) is 9.59 Å². The Bertz CT molecular complexity index is 160. The zero-order chi connectivity index (χ0) is 10.8. The highest BCUT2D eigenvalue weighted by Gasteiger charge is 2.10. The molecule has 0 aromatic rings. The second-order valence-electron chi connectivity index (χ2n) is 3.70. The molecule has 4 nitrogen and oxygen atoms in total. The highest BCUT2D eigenvalue weighted by Crippen LogP contribution is 2.09. The Kier molecular flexibility index (Phi) is 7.89. The van der Waals surface area contributed by atoms with E-state index in [0.717, 1.165) is 32.2 Å². The summed E-state index contributed by atoms with van der Waals surface area (Å²) in [5.41, 5.74) is 0. The van der Waals surface area contributed by atoms with Crippen molar-refractivity contribution in [2.75, 3.05) is 6.54 Å². The van der Waals surface area contributed by atoms with Gasteiger partial charge in [-0.1, -0.05) is 13.8 Å². The maximum absolute atomic E-state index is 10.3. The molecule has 2 N–H and O–H groups in total. The van der Waals surface area contributed by atoms with E-state index in [-0.39, 0.29) is 6.04 Å². The molecule has 0 aliphatic heterocycles. The summed E-state index contributed by atoms with van der Waals surface area (Å²) in [6.07, 6.45) is 4.42. The number of nitrogens with one attached hydrogen (secondary N) is 2. The smallest absolute Gasteiger partial charge is 0.207 e. The van der Waals surface area contributed by atoms with Gasteiger partial charge in [-0.05, 0) is 25.2 Å². The van der Waals surface area contributed by atoms with Gasteiger partial charge in [-0.2, -0.15) is 0 Å². The van der Waals surface area contributed by atoms with Crippen LogP contribution in [0.25, 0.3) is 0 Å². The fraction of sp³-hybridized carbons (Fsp3) is 0.800. The monoisotopic (exact) mass is 200 g/mol. The van der Waals surface area contributed by atoms with Crippen LogP contribution >= 0.6 is 0 Å². The van der Waals surface area contributed by atoms with Crippen molar-refractivity contribution in [3.63, 3.8) is 0 Å². The fourth-order valence-corrected chi connectivity index (χ4v) is 1.35. The van der Waals surface area contributed by atoms with E-state index >= 15 is 0 Å². The Labute approximate surface area is 85.4 Å². The molecule has 0 aromatic carbocycles. The van der Waals surface area contributed by atoms with Gasteiger partial charge in [0.1, 0.15) is 0 Å². The fourth-order valence-electron chi connectivity index (χ4n) is 1.35. The lowest BCUT2D eigenvalue weighted by atomic mass is 9.98. The van der Waals surface area contributed by atoms with Gasteiger partial charge in [-0.3, -0.25) is 9.59 Å². The second kappa shape index (κ2) is 8.53. The Morgan fingerprint density at radius 1 is 1.14 bits per heavy atom. The van der Waals surface area contributed by atoms with Gasteiger partial charge in [0.15, 0.2) is 0 Å².